The molecule has 1 saturated heterocycles. The lowest BCUT2D eigenvalue weighted by Crippen LogP contribution is -2.36. The van der Waals surface area contributed by atoms with Gasteiger partial charge in [0.2, 0.25) is 0 Å². The minimum atomic E-state index is -4.78. The summed E-state index contributed by atoms with van der Waals surface area (Å²) in [5.41, 5.74) is 2.43. The lowest BCUT2D eigenvalue weighted by Gasteiger charge is -2.25. The zero-order chi connectivity index (χ0) is 25.0. The summed E-state index contributed by atoms with van der Waals surface area (Å²) in [6.45, 7) is 4.92. The van der Waals surface area contributed by atoms with Gasteiger partial charge in [-0.25, -0.2) is 4.98 Å². The summed E-state index contributed by atoms with van der Waals surface area (Å²) < 4.78 is 47.1. The van der Waals surface area contributed by atoms with E-state index in [0.29, 0.717) is 36.2 Å². The molecule has 1 aromatic carbocycles. The topological polar surface area (TPSA) is 72.0 Å². The Balaban J connectivity index is 1.36. The van der Waals surface area contributed by atoms with Crippen LogP contribution in [0.3, 0.4) is 0 Å². The van der Waals surface area contributed by atoms with E-state index >= 15 is 0 Å². The van der Waals surface area contributed by atoms with Crippen LogP contribution in [0.25, 0.3) is 0 Å². The quantitative estimate of drug-likeness (QED) is 0.333. The summed E-state index contributed by atoms with van der Waals surface area (Å²) >= 11 is 1.31. The Hall–Kier alpha value is -2.66. The maximum atomic E-state index is 13.1. The zero-order valence-electron chi connectivity index (χ0n) is 19.4. The Morgan fingerprint density at radius 3 is 2.69 bits per heavy atom. The van der Waals surface area contributed by atoms with E-state index in [2.05, 4.69) is 14.6 Å². The molecule has 2 aliphatic rings. The Labute approximate surface area is 205 Å². The largest absolute Gasteiger partial charge is 0.573 e. The van der Waals surface area contributed by atoms with Gasteiger partial charge in [0.1, 0.15) is 11.4 Å². The molecule has 0 bridgehead atoms. The molecule has 1 aliphatic heterocycles. The Kier molecular flexibility index (Phi) is 7.95. The van der Waals surface area contributed by atoms with Crippen LogP contribution in [0.5, 0.6) is 5.75 Å². The molecule has 1 saturated carbocycles. The highest BCUT2D eigenvalue weighted by atomic mass is 32.1. The molecule has 7 nitrogen and oxygen atoms in total. The van der Waals surface area contributed by atoms with Gasteiger partial charge in [-0.15, -0.1) is 24.5 Å². The number of ether oxygens (including phenoxy) is 2. The molecule has 0 radical (unpaired) electrons. The summed E-state index contributed by atoms with van der Waals surface area (Å²) in [5.74, 6) is 0.251. The molecule has 2 fully saturated rings. The van der Waals surface area contributed by atoms with Crippen LogP contribution < -0.4 is 4.74 Å². The van der Waals surface area contributed by atoms with E-state index in [1.165, 1.54) is 29.5 Å². The number of carbonyl (C=O) groups is 2. The number of unbranched alkanes of at least 4 members (excludes halogenated alkanes) is 1. The van der Waals surface area contributed by atoms with Crippen LogP contribution in [-0.4, -0.2) is 65.8 Å². The molecular formula is C24H28F3N3O4S. The number of amides is 1. The number of carbonyl (C=O) groups excluding carboxylic acids is 2. The fourth-order valence-electron chi connectivity index (χ4n) is 4.71. The van der Waals surface area contributed by atoms with Crippen LogP contribution in [0.15, 0.2) is 35.2 Å². The lowest BCUT2D eigenvalue weighted by molar-refractivity contribution is -0.274. The van der Waals surface area contributed by atoms with Crippen LogP contribution in [0.4, 0.5) is 13.2 Å². The summed E-state index contributed by atoms with van der Waals surface area (Å²) in [7, 11) is 0. The minimum absolute atomic E-state index is 0.148. The molecule has 0 N–H and O–H groups in total. The van der Waals surface area contributed by atoms with Crippen LogP contribution >= 0.6 is 11.3 Å². The molecule has 2 aromatic rings. The van der Waals surface area contributed by atoms with Gasteiger partial charge in [0.15, 0.2) is 0 Å². The number of thiazole rings is 1. The van der Waals surface area contributed by atoms with Gasteiger partial charge in [-0.05, 0) is 41.9 Å². The van der Waals surface area contributed by atoms with Crippen molar-refractivity contribution in [1.29, 1.82) is 0 Å². The van der Waals surface area contributed by atoms with Gasteiger partial charge in [-0.3, -0.25) is 14.5 Å². The molecule has 11 heteroatoms. The molecule has 2 unspecified atom stereocenters. The first-order valence-electron chi connectivity index (χ1n) is 11.6. The zero-order valence-corrected chi connectivity index (χ0v) is 20.2. The third-order valence-electron chi connectivity index (χ3n) is 6.44. The summed E-state index contributed by atoms with van der Waals surface area (Å²) in [6, 6.07) is 5.68. The maximum absolute atomic E-state index is 13.1. The first-order chi connectivity index (χ1) is 16.7. The highest BCUT2D eigenvalue weighted by molar-refractivity contribution is 7.07. The maximum Gasteiger partial charge on any atom is 0.573 e. The van der Waals surface area contributed by atoms with E-state index in [1.807, 2.05) is 6.92 Å². The van der Waals surface area contributed by atoms with Crippen molar-refractivity contribution in [2.45, 2.75) is 32.7 Å². The SMILES string of the molecule is CCCCOC(=O)CN1CC2C(C1)C2CN(Cc1cccc(OC(F)(F)F)c1)C(=O)c1cscn1. The number of hydrogen-bond acceptors (Lipinski definition) is 7. The first kappa shape index (κ1) is 25.4. The second-order valence-electron chi connectivity index (χ2n) is 9.01. The Morgan fingerprint density at radius 2 is 2.03 bits per heavy atom. The van der Waals surface area contributed by atoms with E-state index in [4.69, 9.17) is 4.74 Å². The number of likely N-dealkylation sites (tertiary alicyclic amines) is 1. The van der Waals surface area contributed by atoms with Gasteiger partial charge in [-0.1, -0.05) is 25.5 Å². The molecule has 190 valence electrons. The second kappa shape index (κ2) is 10.9. The van der Waals surface area contributed by atoms with Gasteiger partial charge in [0.25, 0.3) is 5.91 Å². The number of rotatable bonds is 11. The second-order valence-corrected chi connectivity index (χ2v) is 9.73. The first-order valence-corrected chi connectivity index (χ1v) is 12.6. The van der Waals surface area contributed by atoms with E-state index < -0.39 is 6.36 Å². The number of benzene rings is 1. The molecule has 4 rings (SSSR count). The number of piperidine rings is 1. The normalized spacial score (nSPS) is 21.4. The predicted molar refractivity (Wildman–Crippen MR) is 123 cm³/mol. The average molecular weight is 512 g/mol. The highest BCUT2D eigenvalue weighted by Gasteiger charge is 2.56. The number of alkyl halides is 3. The molecule has 1 aromatic heterocycles. The van der Waals surface area contributed by atoms with Crippen molar-refractivity contribution in [2.24, 2.45) is 17.8 Å². The number of hydrogen-bond donors (Lipinski definition) is 0. The average Bonchev–Trinajstić information content (AvgIpc) is 3.19. The lowest BCUT2D eigenvalue weighted by atomic mass is 10.1. The van der Waals surface area contributed by atoms with Crippen molar-refractivity contribution in [3.63, 3.8) is 0 Å². The Bertz CT molecular complexity index is 1010. The third-order valence-corrected chi connectivity index (χ3v) is 7.02. The van der Waals surface area contributed by atoms with Gasteiger partial charge >= 0.3 is 12.3 Å². The van der Waals surface area contributed by atoms with Crippen LogP contribution in [0.2, 0.25) is 0 Å². The fraction of sp³-hybridized carbons (Fsp3) is 0.542. The molecule has 2 heterocycles. The van der Waals surface area contributed by atoms with Crippen LogP contribution in [-0.2, 0) is 16.1 Å². The highest BCUT2D eigenvalue weighted by Crippen LogP contribution is 2.52. The van der Waals surface area contributed by atoms with Crippen molar-refractivity contribution >= 4 is 23.2 Å². The van der Waals surface area contributed by atoms with E-state index in [9.17, 15) is 22.8 Å². The van der Waals surface area contributed by atoms with E-state index in [1.54, 1.807) is 21.9 Å². The van der Waals surface area contributed by atoms with Crippen molar-refractivity contribution in [3.8, 4) is 5.75 Å². The molecule has 1 amide bonds. The van der Waals surface area contributed by atoms with Crippen molar-refractivity contribution < 1.29 is 32.2 Å². The number of aromatic nitrogens is 1. The van der Waals surface area contributed by atoms with E-state index in [0.717, 1.165) is 25.9 Å². The molecule has 1 aliphatic carbocycles. The molecule has 2 atom stereocenters. The minimum Gasteiger partial charge on any atom is -0.465 e. The number of fused-ring (bicyclic) bond motifs is 1. The van der Waals surface area contributed by atoms with Gasteiger partial charge in [0.05, 0.1) is 18.7 Å². The number of nitrogens with zero attached hydrogens (tertiary/aromatic N) is 3. The van der Waals surface area contributed by atoms with Gasteiger partial charge in [0, 0.05) is 31.6 Å². The summed E-state index contributed by atoms with van der Waals surface area (Å²) in [4.78, 5) is 33.0. The van der Waals surface area contributed by atoms with Crippen LogP contribution in [0.1, 0.15) is 35.8 Å². The van der Waals surface area contributed by atoms with Gasteiger partial charge in [-0.2, -0.15) is 0 Å². The van der Waals surface area contributed by atoms with Crippen LogP contribution in [0, 0.1) is 17.8 Å². The van der Waals surface area contributed by atoms with Gasteiger partial charge < -0.3 is 14.4 Å². The molecule has 0 spiro atoms. The number of halogens is 3. The monoisotopic (exact) mass is 511 g/mol. The fourth-order valence-corrected chi connectivity index (χ4v) is 5.24. The van der Waals surface area contributed by atoms with Crippen molar-refractivity contribution in [3.05, 3.63) is 46.4 Å². The number of esters is 1. The Morgan fingerprint density at radius 1 is 1.26 bits per heavy atom. The molecule has 35 heavy (non-hydrogen) atoms. The van der Waals surface area contributed by atoms with Crippen molar-refractivity contribution in [2.75, 3.05) is 32.8 Å². The van der Waals surface area contributed by atoms with E-state index in [-0.39, 0.29) is 36.6 Å². The smallest absolute Gasteiger partial charge is 0.465 e. The summed E-state index contributed by atoms with van der Waals surface area (Å²) in [5, 5.41) is 1.66. The molecular weight excluding hydrogens is 483 g/mol. The predicted octanol–water partition coefficient (Wildman–Crippen LogP) is 4.21. The van der Waals surface area contributed by atoms with Crippen molar-refractivity contribution in [1.82, 2.24) is 14.8 Å². The third kappa shape index (κ3) is 6.94. The standard InChI is InChI=1S/C24H28F3N3O4S/c1-2-3-7-33-22(31)13-29-10-18-19(11-29)20(18)12-30(23(32)21-14-35-15-28-21)9-16-5-4-6-17(8-16)34-24(25,26)27/h4-6,8,14-15,18-20H,2-3,7,9-13H2,1H3. The summed E-state index contributed by atoms with van der Waals surface area (Å²) in [6.07, 6.45) is -2.96.